The van der Waals surface area contributed by atoms with Crippen molar-refractivity contribution in [2.75, 3.05) is 25.1 Å². The summed E-state index contributed by atoms with van der Waals surface area (Å²) in [5, 5.41) is 4.94. The van der Waals surface area contributed by atoms with Gasteiger partial charge in [0, 0.05) is 43.8 Å². The Labute approximate surface area is 187 Å². The Balaban J connectivity index is 1.56. The first-order chi connectivity index (χ1) is 15.1. The van der Waals surface area contributed by atoms with E-state index in [9.17, 15) is 9.59 Å². The van der Waals surface area contributed by atoms with Gasteiger partial charge in [-0.15, -0.1) is 0 Å². The first kappa shape index (κ1) is 22.4. The molecule has 0 unspecified atom stereocenters. The molecule has 2 fully saturated rings. The highest BCUT2D eigenvalue weighted by Gasteiger charge is 2.41. The van der Waals surface area contributed by atoms with Crippen molar-refractivity contribution in [3.05, 3.63) is 23.6 Å². The van der Waals surface area contributed by atoms with Crippen LogP contribution < -0.4 is 4.90 Å². The zero-order valence-electron chi connectivity index (χ0n) is 19.4. The second-order valence-electron chi connectivity index (χ2n) is 9.65. The minimum atomic E-state index is -0.615. The number of rotatable bonds is 4. The quantitative estimate of drug-likeness (QED) is 0.664. The lowest BCUT2D eigenvalue weighted by molar-refractivity contribution is 0.0113. The zero-order valence-corrected chi connectivity index (χ0v) is 19.4. The third-order valence-corrected chi connectivity index (χ3v) is 5.96. The second-order valence-corrected chi connectivity index (χ2v) is 9.65. The molecule has 1 aliphatic carbocycles. The van der Waals surface area contributed by atoms with Gasteiger partial charge in [0.15, 0.2) is 0 Å². The zero-order chi connectivity index (χ0) is 23.2. The number of ether oxygens (including phenoxy) is 2. The van der Waals surface area contributed by atoms with Gasteiger partial charge in [0.1, 0.15) is 16.9 Å². The molecule has 1 saturated heterocycles. The van der Waals surface area contributed by atoms with Gasteiger partial charge in [-0.05, 0) is 52.5 Å². The number of anilines is 1. The Hall–Kier alpha value is -2.84. The molecule has 1 saturated carbocycles. The van der Waals surface area contributed by atoms with Crippen LogP contribution in [0.3, 0.4) is 0 Å². The number of hydrogen-bond donors (Lipinski definition) is 0. The van der Waals surface area contributed by atoms with Crippen LogP contribution in [-0.2, 0) is 16.5 Å². The van der Waals surface area contributed by atoms with Crippen molar-refractivity contribution in [3.8, 4) is 0 Å². The Morgan fingerprint density at radius 2 is 1.78 bits per heavy atom. The summed E-state index contributed by atoms with van der Waals surface area (Å²) in [6.07, 6.45) is 4.90. The summed E-state index contributed by atoms with van der Waals surface area (Å²) in [5.41, 5.74) is 0.436. The summed E-state index contributed by atoms with van der Waals surface area (Å²) in [7, 11) is 3.01. The number of nitrogens with zero attached hydrogens (tertiary/aromatic N) is 4. The van der Waals surface area contributed by atoms with Gasteiger partial charge in [-0.2, -0.15) is 5.10 Å². The van der Waals surface area contributed by atoms with Crippen LogP contribution in [0.2, 0.25) is 0 Å². The van der Waals surface area contributed by atoms with Crippen LogP contribution in [0.5, 0.6) is 0 Å². The Kier molecular flexibility index (Phi) is 5.77. The van der Waals surface area contributed by atoms with Crippen LogP contribution in [-0.4, -0.2) is 64.6 Å². The van der Waals surface area contributed by atoms with E-state index in [0.717, 1.165) is 25.7 Å². The van der Waals surface area contributed by atoms with E-state index >= 15 is 4.39 Å². The molecule has 32 heavy (non-hydrogen) atoms. The maximum absolute atomic E-state index is 15.2. The molecule has 2 heterocycles. The van der Waals surface area contributed by atoms with Gasteiger partial charge in [-0.1, -0.05) is 0 Å². The van der Waals surface area contributed by atoms with Crippen molar-refractivity contribution in [2.45, 2.75) is 64.1 Å². The molecule has 0 bridgehead atoms. The number of amides is 1. The minimum Gasteiger partial charge on any atom is -0.465 e. The Morgan fingerprint density at radius 3 is 2.34 bits per heavy atom. The maximum atomic E-state index is 15.2. The van der Waals surface area contributed by atoms with Gasteiger partial charge in [-0.25, -0.2) is 14.0 Å². The summed E-state index contributed by atoms with van der Waals surface area (Å²) < 4.78 is 27.2. The average molecular weight is 447 g/mol. The SMILES string of the molecule is COC(=O)c1cc(F)c(N2CCC(N(C(=O)OC(C)(C)C)C3CC3)CC2)c2cn(C)nc12. The highest BCUT2D eigenvalue weighted by Crippen LogP contribution is 2.37. The summed E-state index contributed by atoms with van der Waals surface area (Å²) in [5.74, 6) is -1.09. The Bertz CT molecular complexity index is 1030. The fraction of sp³-hybridized carbons (Fsp3) is 0.609. The van der Waals surface area contributed by atoms with Crippen LogP contribution in [0.1, 0.15) is 56.8 Å². The van der Waals surface area contributed by atoms with Crippen molar-refractivity contribution in [3.63, 3.8) is 0 Å². The second kappa shape index (κ2) is 8.26. The van der Waals surface area contributed by atoms with Crippen LogP contribution in [0.15, 0.2) is 12.3 Å². The fourth-order valence-corrected chi connectivity index (χ4v) is 4.47. The molecule has 0 spiro atoms. The van der Waals surface area contributed by atoms with Crippen molar-refractivity contribution in [1.29, 1.82) is 0 Å². The van der Waals surface area contributed by atoms with Gasteiger partial charge in [0.25, 0.3) is 0 Å². The molecule has 9 heteroatoms. The van der Waals surface area contributed by atoms with E-state index in [2.05, 4.69) is 5.10 Å². The fourth-order valence-electron chi connectivity index (χ4n) is 4.47. The molecule has 1 aromatic heterocycles. The van der Waals surface area contributed by atoms with Crippen LogP contribution >= 0.6 is 0 Å². The van der Waals surface area contributed by atoms with Crippen molar-refractivity contribution < 1.29 is 23.5 Å². The molecular formula is C23H31FN4O4. The molecule has 1 aliphatic heterocycles. The van der Waals surface area contributed by atoms with Gasteiger partial charge in [-0.3, -0.25) is 4.68 Å². The van der Waals surface area contributed by atoms with E-state index < -0.39 is 17.4 Å². The molecule has 8 nitrogen and oxygen atoms in total. The van der Waals surface area contributed by atoms with Crippen molar-refractivity contribution in [2.24, 2.45) is 7.05 Å². The lowest BCUT2D eigenvalue weighted by atomic mass is 10.0. The molecule has 2 aromatic rings. The number of aryl methyl sites for hydroxylation is 1. The molecule has 0 atom stereocenters. The van der Waals surface area contributed by atoms with E-state index in [1.165, 1.54) is 13.2 Å². The summed E-state index contributed by atoms with van der Waals surface area (Å²) in [6, 6.07) is 1.51. The topological polar surface area (TPSA) is 76.9 Å². The van der Waals surface area contributed by atoms with Gasteiger partial charge in [0.05, 0.1) is 18.4 Å². The van der Waals surface area contributed by atoms with Crippen LogP contribution in [0.4, 0.5) is 14.9 Å². The predicted molar refractivity (Wildman–Crippen MR) is 118 cm³/mol. The number of hydrogen-bond acceptors (Lipinski definition) is 6. The number of aromatic nitrogens is 2. The number of benzene rings is 1. The first-order valence-electron chi connectivity index (χ1n) is 11.1. The van der Waals surface area contributed by atoms with Crippen LogP contribution in [0.25, 0.3) is 10.9 Å². The number of methoxy groups -OCH3 is 1. The number of carbonyl (C=O) groups is 2. The molecule has 2 aliphatic rings. The predicted octanol–water partition coefficient (Wildman–Crippen LogP) is 3.87. The molecular weight excluding hydrogens is 415 g/mol. The van der Waals surface area contributed by atoms with E-state index in [1.807, 2.05) is 30.6 Å². The highest BCUT2D eigenvalue weighted by molar-refractivity contribution is 6.06. The third-order valence-electron chi connectivity index (χ3n) is 5.96. The molecule has 0 N–H and O–H groups in total. The molecule has 174 valence electrons. The van der Waals surface area contributed by atoms with E-state index in [1.54, 1.807) is 17.9 Å². The molecule has 4 rings (SSSR count). The standard InChI is InChI=1S/C23H31FN4O4/c1-23(2,3)32-22(30)28(14-6-7-14)15-8-10-27(11-9-15)20-17-13-26(4)25-19(17)16(12-18(20)24)21(29)31-5/h12-15H,6-11H2,1-5H3. The molecule has 1 aromatic carbocycles. The monoisotopic (exact) mass is 446 g/mol. The van der Waals surface area contributed by atoms with Crippen molar-refractivity contribution >= 4 is 28.7 Å². The van der Waals surface area contributed by atoms with E-state index in [0.29, 0.717) is 29.7 Å². The largest absolute Gasteiger partial charge is 0.465 e. The lowest BCUT2D eigenvalue weighted by Crippen LogP contribution is -2.50. The minimum absolute atomic E-state index is 0.0652. The average Bonchev–Trinajstić information content (AvgIpc) is 3.46. The molecule has 1 amide bonds. The number of fused-ring (bicyclic) bond motifs is 1. The normalized spacial score (nSPS) is 17.5. The maximum Gasteiger partial charge on any atom is 0.410 e. The van der Waals surface area contributed by atoms with E-state index in [4.69, 9.17) is 9.47 Å². The van der Waals surface area contributed by atoms with Gasteiger partial charge < -0.3 is 19.3 Å². The molecule has 0 radical (unpaired) electrons. The highest BCUT2D eigenvalue weighted by atomic mass is 19.1. The summed E-state index contributed by atoms with van der Waals surface area (Å²) >= 11 is 0. The Morgan fingerprint density at radius 1 is 1.16 bits per heavy atom. The van der Waals surface area contributed by atoms with Gasteiger partial charge >= 0.3 is 12.1 Å². The number of piperidine rings is 1. The first-order valence-corrected chi connectivity index (χ1v) is 11.1. The smallest absolute Gasteiger partial charge is 0.410 e. The lowest BCUT2D eigenvalue weighted by Gasteiger charge is -2.40. The number of carbonyl (C=O) groups excluding carboxylic acids is 2. The van der Waals surface area contributed by atoms with Crippen LogP contribution in [0, 0.1) is 5.82 Å². The number of halogens is 1. The third kappa shape index (κ3) is 4.38. The summed E-state index contributed by atoms with van der Waals surface area (Å²) in [6.45, 7) is 6.81. The summed E-state index contributed by atoms with van der Waals surface area (Å²) in [4.78, 5) is 28.8. The van der Waals surface area contributed by atoms with Crippen molar-refractivity contribution in [1.82, 2.24) is 14.7 Å². The number of esters is 1. The van der Waals surface area contributed by atoms with Gasteiger partial charge in [0.2, 0.25) is 0 Å². The van der Waals surface area contributed by atoms with E-state index in [-0.39, 0.29) is 23.7 Å².